The van der Waals surface area contributed by atoms with Gasteiger partial charge >= 0.3 is 0 Å². The molecule has 0 saturated heterocycles. The fourth-order valence-electron chi connectivity index (χ4n) is 3.83. The predicted octanol–water partition coefficient (Wildman–Crippen LogP) is 2.83. The van der Waals surface area contributed by atoms with Gasteiger partial charge in [0.25, 0.3) is 0 Å². The summed E-state index contributed by atoms with van der Waals surface area (Å²) in [6, 6.07) is 16.9. The third kappa shape index (κ3) is 1.89. The Kier molecular flexibility index (Phi) is 3.05. The Morgan fingerprint density at radius 2 is 1.91 bits per heavy atom. The van der Waals surface area contributed by atoms with Gasteiger partial charge in [-0.2, -0.15) is 0 Å². The zero-order chi connectivity index (χ0) is 15.2. The summed E-state index contributed by atoms with van der Waals surface area (Å²) in [4.78, 5) is 14.8. The summed E-state index contributed by atoms with van der Waals surface area (Å²) in [5.74, 6) is 0.231. The molecule has 2 aromatic carbocycles. The van der Waals surface area contributed by atoms with Crippen LogP contribution in [0.4, 0.5) is 5.69 Å². The van der Waals surface area contributed by atoms with Gasteiger partial charge in [0.2, 0.25) is 5.91 Å². The molecule has 1 atom stereocenters. The Labute approximate surface area is 131 Å². The Balaban J connectivity index is 1.97. The maximum absolute atomic E-state index is 12.8. The molecule has 0 fully saturated rings. The SMILES string of the molecule is CC1(c2ccccc2)CC(=O)N2CCNCc3cccc1c32. The Morgan fingerprint density at radius 1 is 1.09 bits per heavy atom. The molecule has 0 aromatic heterocycles. The summed E-state index contributed by atoms with van der Waals surface area (Å²) in [6.45, 7) is 4.64. The standard InChI is InChI=1S/C19H20N2O/c1-19(15-7-3-2-4-8-15)12-17(22)21-11-10-20-13-14-6-5-9-16(19)18(14)21/h2-9,20H,10-13H2,1H3. The molecule has 1 N–H and O–H groups in total. The van der Waals surface area contributed by atoms with Crippen LogP contribution in [-0.2, 0) is 16.8 Å². The summed E-state index contributed by atoms with van der Waals surface area (Å²) in [5, 5.41) is 3.42. The summed E-state index contributed by atoms with van der Waals surface area (Å²) >= 11 is 0. The largest absolute Gasteiger partial charge is 0.311 e. The number of hydrogen-bond acceptors (Lipinski definition) is 2. The molecule has 2 aliphatic heterocycles. The zero-order valence-corrected chi connectivity index (χ0v) is 12.8. The van der Waals surface area contributed by atoms with Crippen molar-refractivity contribution in [1.82, 2.24) is 5.32 Å². The highest BCUT2D eigenvalue weighted by Gasteiger charge is 2.42. The van der Waals surface area contributed by atoms with Crippen molar-refractivity contribution in [2.75, 3.05) is 18.0 Å². The van der Waals surface area contributed by atoms with E-state index in [0.717, 1.165) is 25.3 Å². The van der Waals surface area contributed by atoms with Gasteiger partial charge in [-0.05, 0) is 16.7 Å². The molecule has 0 saturated carbocycles. The van der Waals surface area contributed by atoms with E-state index in [-0.39, 0.29) is 11.3 Å². The van der Waals surface area contributed by atoms with E-state index in [1.165, 1.54) is 16.7 Å². The van der Waals surface area contributed by atoms with E-state index in [1.54, 1.807) is 0 Å². The summed E-state index contributed by atoms with van der Waals surface area (Å²) in [6.07, 6.45) is 0.535. The molecule has 4 rings (SSSR count). The molecule has 2 aliphatic rings. The first-order chi connectivity index (χ1) is 10.7. The summed E-state index contributed by atoms with van der Waals surface area (Å²) in [7, 11) is 0. The maximum atomic E-state index is 12.8. The summed E-state index contributed by atoms with van der Waals surface area (Å²) in [5.41, 5.74) is 4.61. The lowest BCUT2D eigenvalue weighted by Gasteiger charge is -2.41. The lowest BCUT2D eigenvalue weighted by molar-refractivity contribution is -0.119. The minimum absolute atomic E-state index is 0.231. The molecule has 3 heteroatoms. The van der Waals surface area contributed by atoms with Gasteiger partial charge in [0, 0.05) is 31.5 Å². The van der Waals surface area contributed by atoms with E-state index < -0.39 is 0 Å². The van der Waals surface area contributed by atoms with Crippen molar-refractivity contribution >= 4 is 11.6 Å². The van der Waals surface area contributed by atoms with Crippen molar-refractivity contribution in [3.8, 4) is 0 Å². The Morgan fingerprint density at radius 3 is 2.73 bits per heavy atom. The molecule has 1 unspecified atom stereocenters. The van der Waals surface area contributed by atoms with Gasteiger partial charge in [-0.3, -0.25) is 4.79 Å². The van der Waals surface area contributed by atoms with Crippen molar-refractivity contribution in [2.24, 2.45) is 0 Å². The number of anilines is 1. The first-order valence-electron chi connectivity index (χ1n) is 7.89. The molecule has 0 spiro atoms. The van der Waals surface area contributed by atoms with Crippen LogP contribution in [0.5, 0.6) is 0 Å². The van der Waals surface area contributed by atoms with Crippen LogP contribution in [-0.4, -0.2) is 19.0 Å². The van der Waals surface area contributed by atoms with Crippen LogP contribution < -0.4 is 10.2 Å². The predicted molar refractivity (Wildman–Crippen MR) is 88.0 cm³/mol. The Hall–Kier alpha value is -2.13. The van der Waals surface area contributed by atoms with E-state index in [1.807, 2.05) is 11.0 Å². The monoisotopic (exact) mass is 292 g/mol. The highest BCUT2D eigenvalue weighted by atomic mass is 16.2. The van der Waals surface area contributed by atoms with Gasteiger partial charge in [0.05, 0.1) is 5.69 Å². The second kappa shape index (κ2) is 4.96. The van der Waals surface area contributed by atoms with Crippen LogP contribution >= 0.6 is 0 Å². The molecule has 112 valence electrons. The average Bonchev–Trinajstić information content (AvgIpc) is 2.77. The van der Waals surface area contributed by atoms with Gasteiger partial charge < -0.3 is 10.2 Å². The van der Waals surface area contributed by atoms with Crippen LogP contribution in [0.25, 0.3) is 0 Å². The third-order valence-electron chi connectivity index (χ3n) is 5.03. The van der Waals surface area contributed by atoms with Crippen LogP contribution in [0.15, 0.2) is 48.5 Å². The smallest absolute Gasteiger partial charge is 0.228 e. The number of para-hydroxylation sites is 1. The normalized spacial score (nSPS) is 23.9. The molecule has 3 nitrogen and oxygen atoms in total. The molecule has 2 aromatic rings. The average molecular weight is 292 g/mol. The topological polar surface area (TPSA) is 32.3 Å². The maximum Gasteiger partial charge on any atom is 0.228 e. The van der Waals surface area contributed by atoms with Crippen molar-refractivity contribution in [3.05, 3.63) is 65.2 Å². The molecule has 0 radical (unpaired) electrons. The number of nitrogens with zero attached hydrogens (tertiary/aromatic N) is 1. The van der Waals surface area contributed by atoms with E-state index in [4.69, 9.17) is 0 Å². The molecule has 1 amide bonds. The van der Waals surface area contributed by atoms with Crippen molar-refractivity contribution in [2.45, 2.75) is 25.3 Å². The first kappa shape index (κ1) is 13.5. The van der Waals surface area contributed by atoms with Crippen LogP contribution in [0.3, 0.4) is 0 Å². The fourth-order valence-corrected chi connectivity index (χ4v) is 3.83. The third-order valence-corrected chi connectivity index (χ3v) is 5.03. The number of rotatable bonds is 1. The highest BCUT2D eigenvalue weighted by Crippen LogP contribution is 2.46. The molecule has 2 heterocycles. The minimum Gasteiger partial charge on any atom is -0.311 e. The molecule has 22 heavy (non-hydrogen) atoms. The number of nitrogens with one attached hydrogen (secondary N) is 1. The van der Waals surface area contributed by atoms with Crippen LogP contribution in [0, 0.1) is 0 Å². The second-order valence-electron chi connectivity index (χ2n) is 6.41. The van der Waals surface area contributed by atoms with E-state index in [9.17, 15) is 4.79 Å². The lowest BCUT2D eigenvalue weighted by Crippen LogP contribution is -2.45. The number of carbonyl (C=O) groups excluding carboxylic acids is 1. The van der Waals surface area contributed by atoms with Crippen LogP contribution in [0.1, 0.15) is 30.0 Å². The zero-order valence-electron chi connectivity index (χ0n) is 12.8. The summed E-state index contributed by atoms with van der Waals surface area (Å²) < 4.78 is 0. The number of hydrogen-bond donors (Lipinski definition) is 1. The van der Waals surface area contributed by atoms with Gasteiger partial charge in [0.1, 0.15) is 0 Å². The van der Waals surface area contributed by atoms with E-state index >= 15 is 0 Å². The fraction of sp³-hybridized carbons (Fsp3) is 0.316. The van der Waals surface area contributed by atoms with Crippen molar-refractivity contribution in [3.63, 3.8) is 0 Å². The molecular formula is C19H20N2O. The van der Waals surface area contributed by atoms with Gasteiger partial charge in [-0.1, -0.05) is 55.5 Å². The van der Waals surface area contributed by atoms with Crippen molar-refractivity contribution in [1.29, 1.82) is 0 Å². The van der Waals surface area contributed by atoms with E-state index in [2.05, 4.69) is 54.7 Å². The minimum atomic E-state index is -0.246. The molecular weight excluding hydrogens is 272 g/mol. The van der Waals surface area contributed by atoms with Crippen LogP contribution in [0.2, 0.25) is 0 Å². The number of benzene rings is 2. The highest BCUT2D eigenvalue weighted by molar-refractivity contribution is 5.99. The van der Waals surface area contributed by atoms with Crippen molar-refractivity contribution < 1.29 is 4.79 Å². The number of amides is 1. The van der Waals surface area contributed by atoms with Gasteiger partial charge in [-0.15, -0.1) is 0 Å². The van der Waals surface area contributed by atoms with E-state index in [0.29, 0.717) is 6.42 Å². The number of carbonyl (C=O) groups is 1. The second-order valence-corrected chi connectivity index (χ2v) is 6.41. The Bertz CT molecular complexity index is 725. The molecule has 0 aliphatic carbocycles. The molecule has 0 bridgehead atoms. The van der Waals surface area contributed by atoms with Gasteiger partial charge in [-0.25, -0.2) is 0 Å². The first-order valence-corrected chi connectivity index (χ1v) is 7.89. The quantitative estimate of drug-likeness (QED) is 0.876. The van der Waals surface area contributed by atoms with Gasteiger partial charge in [0.15, 0.2) is 0 Å². The lowest BCUT2D eigenvalue weighted by atomic mass is 9.70.